The highest BCUT2D eigenvalue weighted by Crippen LogP contribution is 2.19. The van der Waals surface area contributed by atoms with Gasteiger partial charge in [-0.15, -0.1) is 12.4 Å². The van der Waals surface area contributed by atoms with E-state index in [0.717, 1.165) is 6.20 Å². The second kappa shape index (κ2) is 4.56. The van der Waals surface area contributed by atoms with E-state index in [4.69, 9.17) is 5.73 Å². The third kappa shape index (κ3) is 2.45. The zero-order valence-electron chi connectivity index (χ0n) is 9.36. The van der Waals surface area contributed by atoms with Gasteiger partial charge in [0.15, 0.2) is 0 Å². The lowest BCUT2D eigenvalue weighted by molar-refractivity contribution is -0.141. The van der Waals surface area contributed by atoms with Gasteiger partial charge in [-0.05, 0) is 12.1 Å². The molecule has 2 aromatic heterocycles. The minimum absolute atomic E-state index is 0. The van der Waals surface area contributed by atoms with E-state index in [1.54, 1.807) is 11.6 Å². The number of nitrogen functional groups attached to an aromatic ring is 1. The number of aryl methyl sites for hydroxylation is 1. The quantitative estimate of drug-likeness (QED) is 0.868. The first-order chi connectivity index (χ1) is 7.79. The molecule has 4 nitrogen and oxygen atoms in total. The Labute approximate surface area is 106 Å². The molecule has 0 spiro atoms. The number of nitrogens with zero attached hydrogens (tertiary/aromatic N) is 2. The SMILES string of the molecule is Cl.Cn1c(N)cc2c(=O)n(CC(F)(F)F)ccc21. The number of rotatable bonds is 1. The van der Waals surface area contributed by atoms with Gasteiger partial charge in [0.05, 0.1) is 10.9 Å². The van der Waals surface area contributed by atoms with Gasteiger partial charge < -0.3 is 14.9 Å². The van der Waals surface area contributed by atoms with Gasteiger partial charge in [0.2, 0.25) is 0 Å². The number of nitrogens with two attached hydrogens (primary N) is 1. The molecule has 0 saturated carbocycles. The number of aromatic nitrogens is 2. The molecular weight excluding hydrogens is 271 g/mol. The normalized spacial score (nSPS) is 11.6. The molecule has 2 heterocycles. The van der Waals surface area contributed by atoms with Gasteiger partial charge in [0, 0.05) is 13.2 Å². The molecule has 0 fully saturated rings. The lowest BCUT2D eigenvalue weighted by Crippen LogP contribution is -2.27. The minimum Gasteiger partial charge on any atom is -0.385 e. The molecule has 2 N–H and O–H groups in total. The Hall–Kier alpha value is -1.63. The van der Waals surface area contributed by atoms with Crippen molar-refractivity contribution < 1.29 is 13.2 Å². The maximum absolute atomic E-state index is 12.2. The molecular formula is C10H11ClF3N3O. The summed E-state index contributed by atoms with van der Waals surface area (Å²) in [6.45, 7) is -1.30. The van der Waals surface area contributed by atoms with Crippen molar-refractivity contribution in [3.63, 3.8) is 0 Å². The molecule has 0 bridgehead atoms. The Morgan fingerprint density at radius 1 is 1.39 bits per heavy atom. The van der Waals surface area contributed by atoms with Crippen LogP contribution in [0.1, 0.15) is 0 Å². The minimum atomic E-state index is -4.42. The highest BCUT2D eigenvalue weighted by atomic mass is 35.5. The van der Waals surface area contributed by atoms with Crippen LogP contribution in [0.5, 0.6) is 0 Å². The second-order valence-corrected chi connectivity index (χ2v) is 3.79. The molecule has 0 amide bonds. The summed E-state index contributed by atoms with van der Waals surface area (Å²) in [5, 5.41) is 0.191. The molecule has 0 atom stereocenters. The zero-order valence-corrected chi connectivity index (χ0v) is 10.2. The Balaban J connectivity index is 0.00000162. The lowest BCUT2D eigenvalue weighted by Gasteiger charge is -2.09. The van der Waals surface area contributed by atoms with Crippen LogP contribution in [-0.2, 0) is 13.6 Å². The molecule has 8 heteroatoms. The molecule has 100 valence electrons. The van der Waals surface area contributed by atoms with Crippen molar-refractivity contribution in [3.8, 4) is 0 Å². The molecule has 2 rings (SSSR count). The van der Waals surface area contributed by atoms with E-state index < -0.39 is 18.3 Å². The monoisotopic (exact) mass is 281 g/mol. The molecule has 0 unspecified atom stereocenters. The predicted octanol–water partition coefficient (Wildman–Crippen LogP) is 1.91. The van der Waals surface area contributed by atoms with Crippen LogP contribution >= 0.6 is 12.4 Å². The summed E-state index contributed by atoms with van der Waals surface area (Å²) in [7, 11) is 1.64. The van der Waals surface area contributed by atoms with Crippen molar-refractivity contribution in [2.75, 3.05) is 5.73 Å². The first-order valence-electron chi connectivity index (χ1n) is 4.81. The first-order valence-corrected chi connectivity index (χ1v) is 4.81. The van der Waals surface area contributed by atoms with Crippen molar-refractivity contribution in [1.82, 2.24) is 9.13 Å². The summed E-state index contributed by atoms with van der Waals surface area (Å²) in [4.78, 5) is 11.8. The Kier molecular flexibility index (Phi) is 3.66. The highest BCUT2D eigenvalue weighted by molar-refractivity contribution is 5.85. The van der Waals surface area contributed by atoms with Gasteiger partial charge in [-0.25, -0.2) is 0 Å². The summed E-state index contributed by atoms with van der Waals surface area (Å²) in [6, 6.07) is 2.82. The van der Waals surface area contributed by atoms with Crippen molar-refractivity contribution in [1.29, 1.82) is 0 Å². The highest BCUT2D eigenvalue weighted by Gasteiger charge is 2.28. The summed E-state index contributed by atoms with van der Waals surface area (Å²) in [6.07, 6.45) is -3.30. The Morgan fingerprint density at radius 2 is 2.00 bits per heavy atom. The number of hydrogen-bond donors (Lipinski definition) is 1. The van der Waals surface area contributed by atoms with Crippen LogP contribution in [0.4, 0.5) is 19.0 Å². The van der Waals surface area contributed by atoms with E-state index in [1.807, 2.05) is 0 Å². The molecule has 0 aromatic carbocycles. The Bertz CT molecular complexity index is 630. The average molecular weight is 282 g/mol. The van der Waals surface area contributed by atoms with Crippen molar-refractivity contribution in [3.05, 3.63) is 28.7 Å². The van der Waals surface area contributed by atoms with Crippen LogP contribution in [0.2, 0.25) is 0 Å². The maximum atomic E-state index is 12.2. The fraction of sp³-hybridized carbons (Fsp3) is 0.300. The predicted molar refractivity (Wildman–Crippen MR) is 64.9 cm³/mol. The third-order valence-corrected chi connectivity index (χ3v) is 2.57. The Morgan fingerprint density at radius 3 is 2.56 bits per heavy atom. The van der Waals surface area contributed by atoms with Crippen LogP contribution in [0.3, 0.4) is 0 Å². The van der Waals surface area contributed by atoms with Crippen molar-refractivity contribution in [2.45, 2.75) is 12.7 Å². The van der Waals surface area contributed by atoms with Crippen LogP contribution in [0.15, 0.2) is 23.1 Å². The molecule has 0 radical (unpaired) electrons. The third-order valence-electron chi connectivity index (χ3n) is 2.57. The number of pyridine rings is 1. The fourth-order valence-electron chi connectivity index (χ4n) is 1.71. The van der Waals surface area contributed by atoms with E-state index in [-0.39, 0.29) is 17.8 Å². The average Bonchev–Trinajstić information content (AvgIpc) is 2.48. The summed E-state index contributed by atoms with van der Waals surface area (Å²) in [5.74, 6) is 0.335. The topological polar surface area (TPSA) is 52.9 Å². The molecule has 18 heavy (non-hydrogen) atoms. The number of halogens is 4. The van der Waals surface area contributed by atoms with Gasteiger partial charge in [-0.3, -0.25) is 4.79 Å². The van der Waals surface area contributed by atoms with Crippen LogP contribution in [0.25, 0.3) is 10.9 Å². The van der Waals surface area contributed by atoms with Gasteiger partial charge in [-0.2, -0.15) is 13.2 Å². The van der Waals surface area contributed by atoms with Crippen LogP contribution in [0, 0.1) is 0 Å². The lowest BCUT2D eigenvalue weighted by atomic mass is 10.3. The molecule has 2 aromatic rings. The first kappa shape index (κ1) is 14.4. The number of anilines is 1. The maximum Gasteiger partial charge on any atom is 0.406 e. The van der Waals surface area contributed by atoms with Gasteiger partial charge in [-0.1, -0.05) is 0 Å². The number of alkyl halides is 3. The number of fused-ring (bicyclic) bond motifs is 1. The van der Waals surface area contributed by atoms with E-state index in [1.165, 1.54) is 12.1 Å². The summed E-state index contributed by atoms with van der Waals surface area (Å²) < 4.78 is 38.8. The van der Waals surface area contributed by atoms with E-state index >= 15 is 0 Å². The van der Waals surface area contributed by atoms with E-state index in [9.17, 15) is 18.0 Å². The van der Waals surface area contributed by atoms with Gasteiger partial charge in [0.25, 0.3) is 5.56 Å². The van der Waals surface area contributed by atoms with Crippen molar-refractivity contribution in [2.24, 2.45) is 7.05 Å². The fourth-order valence-corrected chi connectivity index (χ4v) is 1.71. The van der Waals surface area contributed by atoms with Crippen LogP contribution < -0.4 is 11.3 Å². The summed E-state index contributed by atoms with van der Waals surface area (Å²) in [5.41, 5.74) is 5.42. The summed E-state index contributed by atoms with van der Waals surface area (Å²) >= 11 is 0. The smallest absolute Gasteiger partial charge is 0.385 e. The van der Waals surface area contributed by atoms with Crippen molar-refractivity contribution >= 4 is 29.1 Å². The molecule has 0 saturated heterocycles. The standard InChI is InChI=1S/C10H10F3N3O.ClH/c1-15-7-2-3-16(5-10(11,12)13)9(17)6(7)4-8(15)14;/h2-4H,5,14H2,1H3;1H. The molecule has 0 aliphatic carbocycles. The zero-order chi connectivity index (χ0) is 12.8. The largest absolute Gasteiger partial charge is 0.406 e. The second-order valence-electron chi connectivity index (χ2n) is 3.79. The molecule has 0 aliphatic heterocycles. The van der Waals surface area contributed by atoms with E-state index in [0.29, 0.717) is 15.9 Å². The molecule has 0 aliphatic rings. The van der Waals surface area contributed by atoms with E-state index in [2.05, 4.69) is 0 Å². The van der Waals surface area contributed by atoms with Gasteiger partial charge >= 0.3 is 6.18 Å². The number of hydrogen-bond acceptors (Lipinski definition) is 2. The van der Waals surface area contributed by atoms with Crippen LogP contribution in [-0.4, -0.2) is 15.3 Å². The van der Waals surface area contributed by atoms with Gasteiger partial charge in [0.1, 0.15) is 12.4 Å².